The van der Waals surface area contributed by atoms with Crippen molar-refractivity contribution in [2.45, 2.75) is 13.3 Å². The number of anilines is 2. The van der Waals surface area contributed by atoms with Gasteiger partial charge in [0, 0.05) is 16.8 Å². The third-order valence-electron chi connectivity index (χ3n) is 3.05. The summed E-state index contributed by atoms with van der Waals surface area (Å²) in [6.45, 7) is 1.88. The summed E-state index contributed by atoms with van der Waals surface area (Å²) < 4.78 is 0. The highest BCUT2D eigenvalue weighted by atomic mass is 32.1. The number of aromatic amines is 2. The van der Waals surface area contributed by atoms with Gasteiger partial charge < -0.3 is 10.6 Å². The summed E-state index contributed by atoms with van der Waals surface area (Å²) in [4.78, 5) is 40.0. The number of amides is 2. The summed E-state index contributed by atoms with van der Waals surface area (Å²) in [7, 11) is 0. The maximum atomic E-state index is 11.9. The fraction of sp³-hybridized carbons (Fsp3) is 0.143. The summed E-state index contributed by atoms with van der Waals surface area (Å²) in [6.07, 6.45) is 1.33. The first kappa shape index (κ1) is 15.0. The number of carbonyl (C=O) groups is 2. The maximum Gasteiger partial charge on any atom is 0.271 e. The van der Waals surface area contributed by atoms with Gasteiger partial charge >= 0.3 is 0 Å². The summed E-state index contributed by atoms with van der Waals surface area (Å²) in [5.41, 5.74) is 0.849. The molecule has 0 atom stereocenters. The lowest BCUT2D eigenvalue weighted by molar-refractivity contribution is -0.123. The van der Waals surface area contributed by atoms with E-state index in [2.05, 4.69) is 25.8 Å². The zero-order chi connectivity index (χ0) is 16.4. The number of aryl methyl sites for hydroxylation is 1. The van der Waals surface area contributed by atoms with Crippen LogP contribution in [0.2, 0.25) is 0 Å². The van der Waals surface area contributed by atoms with Crippen LogP contribution in [0.1, 0.15) is 11.3 Å². The molecule has 0 spiro atoms. The van der Waals surface area contributed by atoms with Crippen LogP contribution < -0.4 is 16.2 Å². The SMILES string of the molecule is Cc1cnc(NC(=O)CC(=O)Nc2ccc3c(=O)[nH][nH]c3c2)s1. The number of benzene rings is 1. The van der Waals surface area contributed by atoms with E-state index in [0.717, 1.165) is 4.88 Å². The van der Waals surface area contributed by atoms with Gasteiger partial charge in [-0.2, -0.15) is 0 Å². The van der Waals surface area contributed by atoms with E-state index < -0.39 is 11.8 Å². The van der Waals surface area contributed by atoms with Crippen LogP contribution >= 0.6 is 11.3 Å². The maximum absolute atomic E-state index is 11.9. The highest BCUT2D eigenvalue weighted by molar-refractivity contribution is 7.15. The van der Waals surface area contributed by atoms with Crippen molar-refractivity contribution in [3.8, 4) is 0 Å². The van der Waals surface area contributed by atoms with Gasteiger partial charge in [-0.1, -0.05) is 0 Å². The third kappa shape index (κ3) is 3.46. The second-order valence-electron chi connectivity index (χ2n) is 4.89. The van der Waals surface area contributed by atoms with E-state index in [1.54, 1.807) is 24.4 Å². The molecular weight excluding hydrogens is 318 g/mol. The molecular formula is C14H13N5O3S. The van der Waals surface area contributed by atoms with Crippen LogP contribution in [0.25, 0.3) is 10.9 Å². The van der Waals surface area contributed by atoms with Crippen molar-refractivity contribution in [2.75, 3.05) is 10.6 Å². The normalized spacial score (nSPS) is 10.7. The number of nitrogens with zero attached hydrogens (tertiary/aromatic N) is 1. The Morgan fingerprint density at radius 2 is 2.00 bits per heavy atom. The average Bonchev–Trinajstić information content (AvgIpc) is 3.05. The van der Waals surface area contributed by atoms with Crippen molar-refractivity contribution < 1.29 is 9.59 Å². The highest BCUT2D eigenvalue weighted by Crippen LogP contribution is 2.17. The van der Waals surface area contributed by atoms with Gasteiger partial charge in [-0.25, -0.2) is 4.98 Å². The van der Waals surface area contributed by atoms with Crippen LogP contribution in [0.3, 0.4) is 0 Å². The Kier molecular flexibility index (Phi) is 3.94. The molecule has 0 radical (unpaired) electrons. The number of nitrogens with one attached hydrogen (secondary N) is 4. The van der Waals surface area contributed by atoms with Gasteiger partial charge in [-0.3, -0.25) is 24.6 Å². The zero-order valence-electron chi connectivity index (χ0n) is 12.1. The fourth-order valence-electron chi connectivity index (χ4n) is 2.04. The number of H-pyrrole nitrogens is 2. The lowest BCUT2D eigenvalue weighted by Gasteiger charge is -2.05. The van der Waals surface area contributed by atoms with Gasteiger partial charge in [-0.15, -0.1) is 11.3 Å². The summed E-state index contributed by atoms with van der Waals surface area (Å²) in [5.74, 6) is -0.888. The second-order valence-corrected chi connectivity index (χ2v) is 6.12. The smallest absolute Gasteiger partial charge is 0.271 e. The predicted molar refractivity (Wildman–Crippen MR) is 87.6 cm³/mol. The largest absolute Gasteiger partial charge is 0.326 e. The number of hydrogen-bond acceptors (Lipinski definition) is 5. The monoisotopic (exact) mass is 331 g/mol. The molecule has 8 nitrogen and oxygen atoms in total. The number of hydrogen-bond donors (Lipinski definition) is 4. The molecule has 0 bridgehead atoms. The quantitative estimate of drug-likeness (QED) is 0.543. The minimum absolute atomic E-state index is 0.226. The van der Waals surface area contributed by atoms with Crippen molar-refractivity contribution in [2.24, 2.45) is 0 Å². The Labute approximate surface area is 133 Å². The first-order valence-corrected chi connectivity index (χ1v) is 7.55. The van der Waals surface area contributed by atoms with Crippen molar-refractivity contribution in [3.63, 3.8) is 0 Å². The van der Waals surface area contributed by atoms with Gasteiger partial charge in [0.05, 0.1) is 10.9 Å². The Balaban J connectivity index is 1.61. The Morgan fingerprint density at radius 1 is 1.22 bits per heavy atom. The summed E-state index contributed by atoms with van der Waals surface area (Å²) >= 11 is 1.34. The molecule has 0 aliphatic rings. The van der Waals surface area contributed by atoms with Crippen LogP contribution in [0.4, 0.5) is 10.8 Å². The Hall–Kier alpha value is -2.94. The molecule has 3 rings (SSSR count). The first-order valence-electron chi connectivity index (χ1n) is 6.74. The highest BCUT2D eigenvalue weighted by Gasteiger charge is 2.12. The topological polar surface area (TPSA) is 120 Å². The fourth-order valence-corrected chi connectivity index (χ4v) is 2.72. The van der Waals surface area contributed by atoms with E-state index in [1.165, 1.54) is 11.3 Å². The molecule has 2 amide bonds. The van der Waals surface area contributed by atoms with E-state index >= 15 is 0 Å². The van der Waals surface area contributed by atoms with Crippen LogP contribution in [0, 0.1) is 6.92 Å². The molecule has 0 saturated carbocycles. The van der Waals surface area contributed by atoms with Crippen LogP contribution in [-0.4, -0.2) is 27.0 Å². The van der Waals surface area contributed by atoms with Crippen LogP contribution in [0.5, 0.6) is 0 Å². The van der Waals surface area contributed by atoms with E-state index in [4.69, 9.17) is 0 Å². The van der Waals surface area contributed by atoms with Crippen LogP contribution in [0.15, 0.2) is 29.2 Å². The molecule has 3 aromatic rings. The van der Waals surface area contributed by atoms with Crippen molar-refractivity contribution in [1.29, 1.82) is 0 Å². The molecule has 0 saturated heterocycles. The minimum Gasteiger partial charge on any atom is -0.326 e. The third-order valence-corrected chi connectivity index (χ3v) is 3.88. The molecule has 118 valence electrons. The lowest BCUT2D eigenvalue weighted by atomic mass is 10.2. The molecule has 4 N–H and O–H groups in total. The number of carbonyl (C=O) groups excluding carboxylic acids is 2. The van der Waals surface area contributed by atoms with E-state index in [1.807, 2.05) is 6.92 Å². The van der Waals surface area contributed by atoms with Gasteiger partial charge in [0.15, 0.2) is 5.13 Å². The zero-order valence-corrected chi connectivity index (χ0v) is 12.9. The number of rotatable bonds is 4. The summed E-state index contributed by atoms with van der Waals surface area (Å²) in [6, 6.07) is 4.82. The van der Waals surface area contributed by atoms with Gasteiger partial charge in [-0.05, 0) is 25.1 Å². The molecule has 2 aromatic heterocycles. The number of fused-ring (bicyclic) bond motifs is 1. The minimum atomic E-state index is -0.451. The van der Waals surface area contributed by atoms with E-state index in [-0.39, 0.29) is 12.0 Å². The molecule has 0 aliphatic heterocycles. The summed E-state index contributed by atoms with van der Waals surface area (Å²) in [5, 5.41) is 11.3. The molecule has 0 fully saturated rings. The van der Waals surface area contributed by atoms with Crippen molar-refractivity contribution in [1.82, 2.24) is 15.2 Å². The Bertz CT molecular complexity index is 939. The van der Waals surface area contributed by atoms with Gasteiger partial charge in [0.2, 0.25) is 11.8 Å². The number of aromatic nitrogens is 3. The average molecular weight is 331 g/mol. The standard InChI is InChI=1S/C14H13N5O3S/c1-7-6-15-14(23-7)17-12(21)5-11(20)16-8-2-3-9-10(4-8)18-19-13(9)22/h2-4,6H,5H2,1H3,(H,16,20)(H,15,17,21)(H2,18,19,22). The van der Waals surface area contributed by atoms with E-state index in [0.29, 0.717) is 21.7 Å². The van der Waals surface area contributed by atoms with Crippen LogP contribution in [-0.2, 0) is 9.59 Å². The second kappa shape index (κ2) is 6.05. The van der Waals surface area contributed by atoms with Crippen molar-refractivity contribution >= 4 is 44.9 Å². The molecule has 0 aliphatic carbocycles. The molecule has 0 unspecified atom stereocenters. The first-order chi connectivity index (χ1) is 11.0. The molecule has 9 heteroatoms. The molecule has 1 aromatic carbocycles. The lowest BCUT2D eigenvalue weighted by Crippen LogP contribution is -2.21. The van der Waals surface area contributed by atoms with E-state index in [9.17, 15) is 14.4 Å². The van der Waals surface area contributed by atoms with Gasteiger partial charge in [0.25, 0.3) is 5.56 Å². The predicted octanol–water partition coefficient (Wildman–Crippen LogP) is 1.59. The van der Waals surface area contributed by atoms with Gasteiger partial charge in [0.1, 0.15) is 6.42 Å². The molecule has 23 heavy (non-hydrogen) atoms. The number of thiazole rings is 1. The Morgan fingerprint density at radius 3 is 2.74 bits per heavy atom. The van der Waals surface area contributed by atoms with Crippen molar-refractivity contribution in [3.05, 3.63) is 39.6 Å². The molecule has 2 heterocycles.